The molecule has 3 atom stereocenters. The molecule has 120 valence electrons. The Morgan fingerprint density at radius 1 is 1.35 bits per heavy atom. The Bertz CT molecular complexity index is 755. The molecule has 0 radical (unpaired) electrons. The van der Waals surface area contributed by atoms with Crippen LogP contribution in [0.2, 0.25) is 5.15 Å². The molecule has 23 heavy (non-hydrogen) atoms. The number of carbonyl (C=O) groups is 1. The summed E-state index contributed by atoms with van der Waals surface area (Å²) in [5.74, 6) is 0.730. The van der Waals surface area contributed by atoms with Gasteiger partial charge in [-0.2, -0.15) is 0 Å². The SMILES string of the molecule is O=C(O)N1[C@@H]2CC[C@H]1C[C@H](Nc1nc(Cl)cc3ncccc13)C2. The van der Waals surface area contributed by atoms with E-state index in [-0.39, 0.29) is 18.1 Å². The number of fused-ring (bicyclic) bond motifs is 3. The third-order valence-electron chi connectivity index (χ3n) is 4.86. The van der Waals surface area contributed by atoms with Crippen molar-refractivity contribution in [3.8, 4) is 0 Å². The van der Waals surface area contributed by atoms with Gasteiger partial charge in [0, 0.05) is 35.8 Å². The number of piperidine rings is 1. The molecule has 2 bridgehead atoms. The highest BCUT2D eigenvalue weighted by Crippen LogP contribution is 2.37. The van der Waals surface area contributed by atoms with Crippen LogP contribution in [0.4, 0.5) is 10.6 Å². The summed E-state index contributed by atoms with van der Waals surface area (Å²) in [6.07, 6.45) is 4.43. The zero-order valence-corrected chi connectivity index (χ0v) is 13.2. The van der Waals surface area contributed by atoms with Gasteiger partial charge in [0.15, 0.2) is 0 Å². The highest BCUT2D eigenvalue weighted by Gasteiger charge is 2.43. The van der Waals surface area contributed by atoms with Crippen molar-refractivity contribution >= 4 is 34.4 Å². The van der Waals surface area contributed by atoms with Crippen LogP contribution in [0.1, 0.15) is 25.7 Å². The molecule has 0 aliphatic carbocycles. The molecule has 2 aliphatic heterocycles. The second-order valence-corrected chi connectivity index (χ2v) is 6.64. The van der Waals surface area contributed by atoms with Gasteiger partial charge in [0.1, 0.15) is 11.0 Å². The number of anilines is 1. The van der Waals surface area contributed by atoms with Gasteiger partial charge in [-0.3, -0.25) is 4.98 Å². The van der Waals surface area contributed by atoms with Crippen molar-refractivity contribution in [3.63, 3.8) is 0 Å². The first-order valence-corrected chi connectivity index (χ1v) is 8.18. The molecule has 2 saturated heterocycles. The molecular formula is C16H17ClN4O2. The summed E-state index contributed by atoms with van der Waals surface area (Å²) in [6, 6.07) is 6.00. The number of nitrogens with one attached hydrogen (secondary N) is 1. The molecule has 0 unspecified atom stereocenters. The van der Waals surface area contributed by atoms with Gasteiger partial charge in [0.2, 0.25) is 0 Å². The first-order chi connectivity index (χ1) is 11.1. The van der Waals surface area contributed by atoms with E-state index in [1.807, 2.05) is 12.1 Å². The topological polar surface area (TPSA) is 78.4 Å². The van der Waals surface area contributed by atoms with Crippen molar-refractivity contribution in [1.82, 2.24) is 14.9 Å². The predicted molar refractivity (Wildman–Crippen MR) is 87.9 cm³/mol. The zero-order chi connectivity index (χ0) is 16.0. The summed E-state index contributed by atoms with van der Waals surface area (Å²) in [5.41, 5.74) is 0.806. The Morgan fingerprint density at radius 3 is 2.78 bits per heavy atom. The standard InChI is InChI=1S/C16H17ClN4O2/c17-14-8-13-12(2-1-5-18-13)15(20-14)19-9-6-10-3-4-11(7-9)21(10)16(22)23/h1-2,5,8-11H,3-4,6-7H2,(H,19,20)(H,22,23)/t9-,10-,11+. The monoisotopic (exact) mass is 332 g/mol. The maximum absolute atomic E-state index is 11.4. The number of pyridine rings is 2. The molecule has 2 aromatic rings. The van der Waals surface area contributed by atoms with Gasteiger partial charge < -0.3 is 15.3 Å². The lowest BCUT2D eigenvalue weighted by Gasteiger charge is -2.37. The molecule has 1 amide bonds. The summed E-state index contributed by atoms with van der Waals surface area (Å²) >= 11 is 6.10. The Morgan fingerprint density at radius 2 is 2.09 bits per heavy atom. The minimum atomic E-state index is -0.800. The van der Waals surface area contributed by atoms with Gasteiger partial charge in [-0.05, 0) is 37.8 Å². The van der Waals surface area contributed by atoms with Gasteiger partial charge in [0.25, 0.3) is 0 Å². The van der Waals surface area contributed by atoms with Crippen molar-refractivity contribution < 1.29 is 9.90 Å². The fourth-order valence-electron chi connectivity index (χ4n) is 3.96. The lowest BCUT2D eigenvalue weighted by molar-refractivity contribution is 0.0994. The van der Waals surface area contributed by atoms with E-state index in [9.17, 15) is 9.90 Å². The largest absolute Gasteiger partial charge is 0.465 e. The third-order valence-corrected chi connectivity index (χ3v) is 5.06. The fraction of sp³-hybridized carbons (Fsp3) is 0.438. The quantitative estimate of drug-likeness (QED) is 0.824. The molecular weight excluding hydrogens is 316 g/mol. The summed E-state index contributed by atoms with van der Waals surface area (Å²) in [7, 11) is 0. The average Bonchev–Trinajstić information content (AvgIpc) is 2.79. The average molecular weight is 333 g/mol. The molecule has 7 heteroatoms. The number of aromatic nitrogens is 2. The first-order valence-electron chi connectivity index (χ1n) is 7.81. The number of amides is 1. The molecule has 4 rings (SSSR count). The lowest BCUT2D eigenvalue weighted by Crippen LogP contribution is -2.49. The van der Waals surface area contributed by atoms with Crippen molar-refractivity contribution in [1.29, 1.82) is 0 Å². The molecule has 2 aromatic heterocycles. The molecule has 2 N–H and O–H groups in total. The summed E-state index contributed by atoms with van der Waals surface area (Å²) < 4.78 is 0. The van der Waals surface area contributed by atoms with Gasteiger partial charge in [-0.15, -0.1) is 0 Å². The number of carboxylic acid groups (broad SMARTS) is 1. The van der Waals surface area contributed by atoms with Gasteiger partial charge in [-0.1, -0.05) is 11.6 Å². The minimum absolute atomic E-state index is 0.104. The summed E-state index contributed by atoms with van der Waals surface area (Å²) in [5, 5.41) is 14.2. The van der Waals surface area contributed by atoms with E-state index in [4.69, 9.17) is 11.6 Å². The van der Waals surface area contributed by atoms with Crippen LogP contribution in [0.3, 0.4) is 0 Å². The van der Waals surface area contributed by atoms with Crippen LogP contribution in [0, 0.1) is 0 Å². The van der Waals surface area contributed by atoms with E-state index >= 15 is 0 Å². The van der Waals surface area contributed by atoms with Crippen LogP contribution in [-0.4, -0.2) is 44.2 Å². The van der Waals surface area contributed by atoms with Gasteiger partial charge in [-0.25, -0.2) is 9.78 Å². The van der Waals surface area contributed by atoms with E-state index in [2.05, 4.69) is 15.3 Å². The van der Waals surface area contributed by atoms with Crippen LogP contribution in [0.5, 0.6) is 0 Å². The first kappa shape index (κ1) is 14.5. The second-order valence-electron chi connectivity index (χ2n) is 6.25. The maximum atomic E-state index is 11.4. The Labute approximate surface area is 138 Å². The van der Waals surface area contributed by atoms with Crippen molar-refractivity contribution in [3.05, 3.63) is 29.5 Å². The highest BCUT2D eigenvalue weighted by atomic mass is 35.5. The van der Waals surface area contributed by atoms with Crippen molar-refractivity contribution in [2.45, 2.75) is 43.8 Å². The Kier molecular flexibility index (Phi) is 3.49. The van der Waals surface area contributed by atoms with E-state index in [1.54, 1.807) is 17.2 Å². The number of nitrogens with zero attached hydrogens (tertiary/aromatic N) is 3. The zero-order valence-electron chi connectivity index (χ0n) is 12.4. The molecule has 2 aliphatic rings. The highest BCUT2D eigenvalue weighted by molar-refractivity contribution is 6.30. The van der Waals surface area contributed by atoms with Crippen LogP contribution in [-0.2, 0) is 0 Å². The fourth-order valence-corrected chi connectivity index (χ4v) is 4.14. The van der Waals surface area contributed by atoms with Gasteiger partial charge in [0.05, 0.1) is 5.52 Å². The number of rotatable bonds is 2. The lowest BCUT2D eigenvalue weighted by atomic mass is 9.97. The van der Waals surface area contributed by atoms with Crippen LogP contribution in [0.15, 0.2) is 24.4 Å². The molecule has 0 saturated carbocycles. The normalized spacial score (nSPS) is 26.5. The minimum Gasteiger partial charge on any atom is -0.465 e. The Hall–Kier alpha value is -2.08. The van der Waals surface area contributed by atoms with Gasteiger partial charge >= 0.3 is 6.09 Å². The number of hydrogen-bond donors (Lipinski definition) is 2. The molecule has 0 spiro atoms. The predicted octanol–water partition coefficient (Wildman–Crippen LogP) is 3.37. The number of hydrogen-bond acceptors (Lipinski definition) is 4. The van der Waals surface area contributed by atoms with Crippen molar-refractivity contribution in [2.75, 3.05) is 5.32 Å². The molecule has 4 heterocycles. The molecule has 0 aromatic carbocycles. The molecule has 2 fully saturated rings. The van der Waals surface area contributed by atoms with Crippen LogP contribution >= 0.6 is 11.6 Å². The van der Waals surface area contributed by atoms with E-state index in [0.29, 0.717) is 5.15 Å². The van der Waals surface area contributed by atoms with E-state index in [0.717, 1.165) is 42.4 Å². The third kappa shape index (κ3) is 2.57. The van der Waals surface area contributed by atoms with Crippen LogP contribution < -0.4 is 5.32 Å². The maximum Gasteiger partial charge on any atom is 0.407 e. The Balaban J connectivity index is 1.59. The summed E-state index contributed by atoms with van der Waals surface area (Å²) in [6.45, 7) is 0. The second kappa shape index (κ2) is 5.53. The number of halogens is 1. The van der Waals surface area contributed by atoms with E-state index < -0.39 is 6.09 Å². The van der Waals surface area contributed by atoms with Crippen molar-refractivity contribution in [2.24, 2.45) is 0 Å². The summed E-state index contributed by atoms with van der Waals surface area (Å²) in [4.78, 5) is 21.7. The van der Waals surface area contributed by atoms with E-state index in [1.165, 1.54) is 0 Å². The van der Waals surface area contributed by atoms with Crippen LogP contribution in [0.25, 0.3) is 10.9 Å². The molecule has 6 nitrogen and oxygen atoms in total. The smallest absolute Gasteiger partial charge is 0.407 e.